The standard InChI is InChI=1S/C21H24F2N6S/c1-11-7-14(18(22)23)26-28(11)9-16-25-19-17-13-6-5-12(21(2,3)4)8-15(13)30-20(17)24-10-29(19)27-16/h7,10,12,18H,5-6,8-9H2,1-4H3/t12-/m0/s1. The van der Waals surface area contributed by atoms with E-state index in [0.717, 1.165) is 35.1 Å². The number of thiophene rings is 1. The molecule has 0 spiro atoms. The van der Waals surface area contributed by atoms with Crippen LogP contribution < -0.4 is 0 Å². The first-order valence-corrected chi connectivity index (χ1v) is 11.0. The summed E-state index contributed by atoms with van der Waals surface area (Å²) in [5, 5.41) is 9.62. The molecule has 0 saturated heterocycles. The third-order valence-electron chi connectivity index (χ3n) is 6.17. The zero-order chi connectivity index (χ0) is 21.2. The molecular formula is C21H24F2N6S. The van der Waals surface area contributed by atoms with Gasteiger partial charge in [0.1, 0.15) is 23.4 Å². The van der Waals surface area contributed by atoms with Gasteiger partial charge in [0.05, 0.1) is 5.39 Å². The van der Waals surface area contributed by atoms with Crippen molar-refractivity contribution in [2.45, 2.75) is 59.9 Å². The first-order chi connectivity index (χ1) is 14.2. The van der Waals surface area contributed by atoms with Gasteiger partial charge in [-0.25, -0.2) is 23.3 Å². The normalized spacial score (nSPS) is 17.4. The van der Waals surface area contributed by atoms with Crippen LogP contribution in [0.1, 0.15) is 61.3 Å². The molecule has 4 aromatic heterocycles. The second-order valence-corrected chi connectivity index (χ2v) is 10.3. The summed E-state index contributed by atoms with van der Waals surface area (Å²) in [5.74, 6) is 1.20. The first kappa shape index (κ1) is 19.5. The van der Waals surface area contributed by atoms with Gasteiger partial charge in [-0.3, -0.25) is 4.68 Å². The lowest BCUT2D eigenvalue weighted by atomic mass is 9.72. The maximum Gasteiger partial charge on any atom is 0.282 e. The van der Waals surface area contributed by atoms with Gasteiger partial charge < -0.3 is 0 Å². The lowest BCUT2D eigenvalue weighted by molar-refractivity contribution is 0.145. The Labute approximate surface area is 177 Å². The third-order valence-corrected chi connectivity index (χ3v) is 7.33. The predicted octanol–water partition coefficient (Wildman–Crippen LogP) is 4.98. The van der Waals surface area contributed by atoms with E-state index < -0.39 is 6.43 Å². The molecule has 0 N–H and O–H groups in total. The molecule has 4 aromatic rings. The van der Waals surface area contributed by atoms with E-state index >= 15 is 0 Å². The predicted molar refractivity (Wildman–Crippen MR) is 112 cm³/mol. The first-order valence-electron chi connectivity index (χ1n) is 10.2. The summed E-state index contributed by atoms with van der Waals surface area (Å²) >= 11 is 1.76. The molecule has 0 bridgehead atoms. The van der Waals surface area contributed by atoms with E-state index in [4.69, 9.17) is 4.98 Å². The van der Waals surface area contributed by atoms with Crippen LogP contribution in [0.3, 0.4) is 0 Å². The Hall–Kier alpha value is -2.42. The molecule has 0 fully saturated rings. The number of fused-ring (bicyclic) bond motifs is 5. The van der Waals surface area contributed by atoms with E-state index in [-0.39, 0.29) is 17.7 Å². The maximum atomic E-state index is 12.9. The molecular weight excluding hydrogens is 406 g/mol. The molecule has 0 aliphatic heterocycles. The zero-order valence-corrected chi connectivity index (χ0v) is 18.3. The summed E-state index contributed by atoms with van der Waals surface area (Å²) in [6, 6.07) is 1.40. The van der Waals surface area contributed by atoms with Crippen LogP contribution in [-0.4, -0.2) is 29.4 Å². The Balaban J connectivity index is 1.54. The highest BCUT2D eigenvalue weighted by Gasteiger charge is 2.31. The fourth-order valence-corrected chi connectivity index (χ4v) is 5.62. The van der Waals surface area contributed by atoms with E-state index in [1.54, 1.807) is 29.1 Å². The Bertz CT molecular complexity index is 1250. The SMILES string of the molecule is Cc1cc(C(F)F)nn1Cc1nc2c3c4c(sc3ncn2n1)C[C@@H](C(C)(C)C)CC4. The van der Waals surface area contributed by atoms with Crippen molar-refractivity contribution in [3.05, 3.63) is 40.0 Å². The average Bonchev–Trinajstić information content (AvgIpc) is 3.35. The van der Waals surface area contributed by atoms with Gasteiger partial charge in [0, 0.05) is 10.6 Å². The topological polar surface area (TPSA) is 60.9 Å². The molecule has 0 aromatic carbocycles. The Morgan fingerprint density at radius 2 is 2.07 bits per heavy atom. The molecule has 30 heavy (non-hydrogen) atoms. The van der Waals surface area contributed by atoms with Crippen molar-refractivity contribution >= 4 is 27.2 Å². The summed E-state index contributed by atoms with van der Waals surface area (Å²) in [5.41, 5.74) is 2.87. The molecule has 0 saturated carbocycles. The van der Waals surface area contributed by atoms with Crippen molar-refractivity contribution in [3.63, 3.8) is 0 Å². The molecule has 158 valence electrons. The van der Waals surface area contributed by atoms with Crippen molar-refractivity contribution < 1.29 is 8.78 Å². The second-order valence-electron chi connectivity index (χ2n) is 9.20. The Morgan fingerprint density at radius 1 is 1.27 bits per heavy atom. The molecule has 6 nitrogen and oxygen atoms in total. The Kier molecular flexibility index (Phi) is 4.43. The number of hydrogen-bond donors (Lipinski definition) is 0. The van der Waals surface area contributed by atoms with Crippen LogP contribution in [-0.2, 0) is 19.4 Å². The molecule has 4 heterocycles. The quantitative estimate of drug-likeness (QED) is 0.460. The summed E-state index contributed by atoms with van der Waals surface area (Å²) in [4.78, 5) is 11.8. The van der Waals surface area contributed by atoms with Crippen LogP contribution in [0.4, 0.5) is 8.78 Å². The lowest BCUT2D eigenvalue weighted by Crippen LogP contribution is -2.26. The van der Waals surface area contributed by atoms with Crippen molar-refractivity contribution in [1.82, 2.24) is 29.4 Å². The molecule has 5 rings (SSSR count). The van der Waals surface area contributed by atoms with Crippen molar-refractivity contribution in [3.8, 4) is 0 Å². The highest BCUT2D eigenvalue weighted by Crippen LogP contribution is 2.43. The molecule has 0 amide bonds. The number of nitrogens with zero attached hydrogens (tertiary/aromatic N) is 6. The molecule has 0 unspecified atom stereocenters. The average molecular weight is 431 g/mol. The summed E-state index contributed by atoms with van der Waals surface area (Å²) < 4.78 is 29.1. The minimum Gasteiger partial charge on any atom is -0.262 e. The minimum atomic E-state index is -2.59. The number of aryl methyl sites for hydroxylation is 2. The van der Waals surface area contributed by atoms with Crippen LogP contribution in [0, 0.1) is 18.3 Å². The summed E-state index contributed by atoms with van der Waals surface area (Å²) in [6.07, 6.45) is 2.37. The number of rotatable bonds is 3. The minimum absolute atomic E-state index is 0.222. The van der Waals surface area contributed by atoms with Crippen molar-refractivity contribution in [2.24, 2.45) is 11.3 Å². The number of alkyl halides is 2. The fourth-order valence-electron chi connectivity index (χ4n) is 4.36. The van der Waals surface area contributed by atoms with Gasteiger partial charge >= 0.3 is 0 Å². The summed E-state index contributed by atoms with van der Waals surface area (Å²) in [7, 11) is 0. The van der Waals surface area contributed by atoms with Crippen LogP contribution in [0.15, 0.2) is 12.4 Å². The van der Waals surface area contributed by atoms with E-state index in [9.17, 15) is 8.78 Å². The Morgan fingerprint density at radius 3 is 2.77 bits per heavy atom. The lowest BCUT2D eigenvalue weighted by Gasteiger charge is -2.33. The summed E-state index contributed by atoms with van der Waals surface area (Å²) in [6.45, 7) is 8.95. The van der Waals surface area contributed by atoms with Gasteiger partial charge in [-0.2, -0.15) is 5.10 Å². The van der Waals surface area contributed by atoms with E-state index in [0.29, 0.717) is 17.4 Å². The van der Waals surface area contributed by atoms with E-state index in [1.807, 2.05) is 0 Å². The van der Waals surface area contributed by atoms with Crippen molar-refractivity contribution in [1.29, 1.82) is 0 Å². The molecule has 9 heteroatoms. The van der Waals surface area contributed by atoms with Crippen molar-refractivity contribution in [2.75, 3.05) is 0 Å². The van der Waals surface area contributed by atoms with E-state index in [2.05, 4.69) is 36.0 Å². The van der Waals surface area contributed by atoms with Gasteiger partial charge in [0.15, 0.2) is 11.5 Å². The fraction of sp³-hybridized carbons (Fsp3) is 0.524. The largest absolute Gasteiger partial charge is 0.282 e. The number of hydrogen-bond acceptors (Lipinski definition) is 5. The van der Waals surface area contributed by atoms with Gasteiger partial charge in [-0.1, -0.05) is 20.8 Å². The number of aromatic nitrogens is 6. The van der Waals surface area contributed by atoms with Crippen LogP contribution in [0.5, 0.6) is 0 Å². The maximum absolute atomic E-state index is 12.9. The second kappa shape index (κ2) is 6.80. The highest BCUT2D eigenvalue weighted by atomic mass is 32.1. The van der Waals surface area contributed by atoms with Gasteiger partial charge in [0.25, 0.3) is 6.43 Å². The third kappa shape index (κ3) is 3.19. The monoisotopic (exact) mass is 430 g/mol. The van der Waals surface area contributed by atoms with Gasteiger partial charge in [0.2, 0.25) is 0 Å². The van der Waals surface area contributed by atoms with Gasteiger partial charge in [-0.05, 0) is 49.1 Å². The van der Waals surface area contributed by atoms with E-state index in [1.165, 1.54) is 21.2 Å². The molecule has 0 radical (unpaired) electrons. The molecule has 1 aliphatic rings. The highest BCUT2D eigenvalue weighted by molar-refractivity contribution is 7.19. The van der Waals surface area contributed by atoms with Crippen LogP contribution in [0.25, 0.3) is 15.9 Å². The smallest absolute Gasteiger partial charge is 0.262 e. The molecule has 1 aliphatic carbocycles. The van der Waals surface area contributed by atoms with Crippen LogP contribution in [0.2, 0.25) is 0 Å². The number of halogens is 2. The molecule has 1 atom stereocenters. The zero-order valence-electron chi connectivity index (χ0n) is 17.5. The van der Waals surface area contributed by atoms with Gasteiger partial charge in [-0.15, -0.1) is 16.4 Å². The van der Waals surface area contributed by atoms with Crippen LogP contribution >= 0.6 is 11.3 Å².